The van der Waals surface area contributed by atoms with Crippen molar-refractivity contribution in [1.82, 2.24) is 25.3 Å². The summed E-state index contributed by atoms with van der Waals surface area (Å²) in [5.74, 6) is 0.947. The van der Waals surface area contributed by atoms with Gasteiger partial charge in [0.15, 0.2) is 5.82 Å². The van der Waals surface area contributed by atoms with Gasteiger partial charge in [-0.3, -0.25) is 9.78 Å². The fourth-order valence-electron chi connectivity index (χ4n) is 2.85. The highest BCUT2D eigenvalue weighted by atomic mass is 16.3. The molecule has 0 aliphatic heterocycles. The first kappa shape index (κ1) is 21.3. The van der Waals surface area contributed by atoms with Crippen LogP contribution in [0.5, 0.6) is 0 Å². The minimum Gasteiger partial charge on any atom is -0.392 e. The van der Waals surface area contributed by atoms with E-state index in [0.29, 0.717) is 28.6 Å². The molecule has 0 saturated carbocycles. The maximum Gasteiger partial charge on any atom is 0.255 e. The Kier molecular flexibility index (Phi) is 6.68. The molecular weight excluding hydrogens is 380 g/mol. The maximum atomic E-state index is 12.6. The van der Waals surface area contributed by atoms with E-state index in [1.165, 1.54) is 6.20 Å². The second-order valence-corrected chi connectivity index (χ2v) is 7.42. The van der Waals surface area contributed by atoms with E-state index in [9.17, 15) is 9.90 Å². The number of hydrogen-bond donors (Lipinski definition) is 3. The largest absolute Gasteiger partial charge is 0.392 e. The molecule has 0 aliphatic carbocycles. The number of aryl methyl sites for hydroxylation is 1. The molecule has 0 aliphatic rings. The monoisotopic (exact) mass is 406 g/mol. The fourth-order valence-corrected chi connectivity index (χ4v) is 2.85. The third-order valence-electron chi connectivity index (χ3n) is 4.43. The molecule has 3 N–H and O–H groups in total. The molecule has 0 aromatic carbocycles. The zero-order valence-corrected chi connectivity index (χ0v) is 17.5. The van der Waals surface area contributed by atoms with Crippen LogP contribution in [0.15, 0.2) is 42.9 Å². The van der Waals surface area contributed by atoms with Crippen LogP contribution in [0, 0.1) is 6.92 Å². The van der Waals surface area contributed by atoms with Crippen LogP contribution in [0.2, 0.25) is 0 Å². The van der Waals surface area contributed by atoms with Crippen molar-refractivity contribution in [2.45, 2.75) is 39.7 Å². The van der Waals surface area contributed by atoms with Gasteiger partial charge in [-0.15, -0.1) is 0 Å². The van der Waals surface area contributed by atoms with Crippen molar-refractivity contribution in [3.8, 4) is 11.5 Å². The number of rotatable bonds is 7. The van der Waals surface area contributed by atoms with Crippen LogP contribution in [-0.4, -0.2) is 43.6 Å². The first-order chi connectivity index (χ1) is 14.3. The van der Waals surface area contributed by atoms with E-state index in [4.69, 9.17) is 4.98 Å². The first-order valence-electron chi connectivity index (χ1n) is 9.83. The molecule has 3 aromatic heterocycles. The van der Waals surface area contributed by atoms with Gasteiger partial charge in [-0.05, 0) is 38.0 Å². The summed E-state index contributed by atoms with van der Waals surface area (Å²) in [6, 6.07) is 7.41. The van der Waals surface area contributed by atoms with E-state index < -0.39 is 6.10 Å². The van der Waals surface area contributed by atoms with Crippen LogP contribution >= 0.6 is 0 Å². The predicted octanol–water partition coefficient (Wildman–Crippen LogP) is 3.22. The number of amides is 1. The van der Waals surface area contributed by atoms with E-state index in [1.807, 2.05) is 25.1 Å². The van der Waals surface area contributed by atoms with Gasteiger partial charge in [0, 0.05) is 36.4 Å². The molecule has 8 heteroatoms. The minimum atomic E-state index is -0.638. The van der Waals surface area contributed by atoms with Crippen molar-refractivity contribution >= 4 is 17.4 Å². The molecule has 3 rings (SSSR count). The Hall–Kier alpha value is -3.39. The van der Waals surface area contributed by atoms with Gasteiger partial charge in [-0.2, -0.15) is 0 Å². The summed E-state index contributed by atoms with van der Waals surface area (Å²) in [4.78, 5) is 30.3. The normalized spacial score (nSPS) is 11.9. The van der Waals surface area contributed by atoms with Gasteiger partial charge < -0.3 is 15.7 Å². The molecule has 0 bridgehead atoms. The number of aliphatic hydroxyl groups excluding tert-OH is 1. The summed E-state index contributed by atoms with van der Waals surface area (Å²) >= 11 is 0. The van der Waals surface area contributed by atoms with Crippen LogP contribution in [-0.2, 0) is 0 Å². The second-order valence-electron chi connectivity index (χ2n) is 7.42. The Bertz CT molecular complexity index is 1040. The molecule has 3 aromatic rings. The number of aromatic nitrogens is 4. The lowest BCUT2D eigenvalue weighted by Crippen LogP contribution is -2.31. The lowest BCUT2D eigenvalue weighted by Gasteiger charge is -2.16. The van der Waals surface area contributed by atoms with Gasteiger partial charge in [-0.25, -0.2) is 15.0 Å². The Balaban J connectivity index is 1.98. The van der Waals surface area contributed by atoms with Gasteiger partial charge in [-0.1, -0.05) is 19.9 Å². The quantitative estimate of drug-likeness (QED) is 0.552. The number of nitrogens with zero attached hydrogens (tertiary/aromatic N) is 4. The molecule has 8 nitrogen and oxygen atoms in total. The van der Waals surface area contributed by atoms with E-state index in [1.54, 1.807) is 25.4 Å². The van der Waals surface area contributed by atoms with Crippen molar-refractivity contribution in [3.63, 3.8) is 0 Å². The highest BCUT2D eigenvalue weighted by Gasteiger charge is 2.17. The summed E-state index contributed by atoms with van der Waals surface area (Å²) in [6.07, 6.45) is 4.24. The van der Waals surface area contributed by atoms with E-state index in [-0.39, 0.29) is 18.4 Å². The average Bonchev–Trinajstić information content (AvgIpc) is 2.72. The zero-order chi connectivity index (χ0) is 21.7. The number of pyridine rings is 2. The SMILES string of the molecule is Cc1cccc(-c2ncc(C(C)C)c(Nc3ccncc3C(=O)NCC(C)O)n2)n1. The second kappa shape index (κ2) is 9.41. The molecule has 0 saturated heterocycles. The molecule has 1 unspecified atom stereocenters. The lowest BCUT2D eigenvalue weighted by molar-refractivity contribution is 0.0924. The molecule has 1 amide bonds. The third-order valence-corrected chi connectivity index (χ3v) is 4.43. The van der Waals surface area contributed by atoms with Crippen molar-refractivity contribution in [2.75, 3.05) is 11.9 Å². The number of aliphatic hydroxyl groups is 1. The fraction of sp³-hybridized carbons (Fsp3) is 0.318. The van der Waals surface area contributed by atoms with Crippen molar-refractivity contribution in [2.24, 2.45) is 0 Å². The van der Waals surface area contributed by atoms with E-state index >= 15 is 0 Å². The van der Waals surface area contributed by atoms with Crippen LogP contribution in [0.3, 0.4) is 0 Å². The Morgan fingerprint density at radius 2 is 1.93 bits per heavy atom. The molecule has 156 valence electrons. The molecule has 0 fully saturated rings. The molecule has 0 spiro atoms. The Morgan fingerprint density at radius 3 is 2.63 bits per heavy atom. The summed E-state index contributed by atoms with van der Waals surface area (Å²) in [7, 11) is 0. The maximum absolute atomic E-state index is 12.6. The topological polar surface area (TPSA) is 113 Å². The number of hydrogen-bond acceptors (Lipinski definition) is 7. The molecule has 3 heterocycles. The minimum absolute atomic E-state index is 0.154. The van der Waals surface area contributed by atoms with Crippen LogP contribution in [0.25, 0.3) is 11.5 Å². The summed E-state index contributed by atoms with van der Waals surface area (Å²) in [6.45, 7) is 7.79. The van der Waals surface area contributed by atoms with E-state index in [0.717, 1.165) is 11.3 Å². The lowest BCUT2D eigenvalue weighted by atomic mass is 10.1. The Labute approximate surface area is 175 Å². The van der Waals surface area contributed by atoms with Gasteiger partial charge in [0.1, 0.15) is 11.5 Å². The zero-order valence-electron chi connectivity index (χ0n) is 17.5. The smallest absolute Gasteiger partial charge is 0.255 e. The van der Waals surface area contributed by atoms with Gasteiger partial charge >= 0.3 is 0 Å². The van der Waals surface area contributed by atoms with Crippen molar-refractivity contribution in [1.29, 1.82) is 0 Å². The molecular formula is C22H26N6O2. The molecule has 0 radical (unpaired) electrons. The van der Waals surface area contributed by atoms with Gasteiger partial charge in [0.05, 0.1) is 17.4 Å². The summed E-state index contributed by atoms with van der Waals surface area (Å²) in [5, 5.41) is 15.4. The van der Waals surface area contributed by atoms with Gasteiger partial charge in [0.2, 0.25) is 0 Å². The van der Waals surface area contributed by atoms with Crippen LogP contribution in [0.4, 0.5) is 11.5 Å². The predicted molar refractivity (Wildman–Crippen MR) is 116 cm³/mol. The number of carbonyl (C=O) groups excluding carboxylic acids is 1. The molecule has 1 atom stereocenters. The van der Waals surface area contributed by atoms with Crippen LogP contribution in [0.1, 0.15) is 48.3 Å². The van der Waals surface area contributed by atoms with Crippen molar-refractivity contribution in [3.05, 3.63) is 59.7 Å². The Morgan fingerprint density at radius 1 is 1.13 bits per heavy atom. The standard InChI is InChI=1S/C22H26N6O2/c1-13(2)16-12-24-21(19-7-5-6-14(3)26-19)28-20(16)27-18-8-9-23-11-17(18)22(30)25-10-15(4)29/h5-9,11-13,15,29H,10H2,1-4H3,(H,25,30)(H,23,24,27,28). The van der Waals surface area contributed by atoms with Crippen molar-refractivity contribution < 1.29 is 9.90 Å². The van der Waals surface area contributed by atoms with Crippen LogP contribution < -0.4 is 10.6 Å². The highest BCUT2D eigenvalue weighted by molar-refractivity contribution is 6.00. The summed E-state index contributed by atoms with van der Waals surface area (Å²) in [5.41, 5.74) is 3.40. The number of nitrogens with one attached hydrogen (secondary N) is 2. The number of anilines is 2. The summed E-state index contributed by atoms with van der Waals surface area (Å²) < 4.78 is 0. The van der Waals surface area contributed by atoms with E-state index in [2.05, 4.69) is 39.4 Å². The molecule has 30 heavy (non-hydrogen) atoms. The third kappa shape index (κ3) is 5.15. The first-order valence-corrected chi connectivity index (χ1v) is 9.83. The van der Waals surface area contributed by atoms with Gasteiger partial charge in [0.25, 0.3) is 5.91 Å². The average molecular weight is 406 g/mol. The highest BCUT2D eigenvalue weighted by Crippen LogP contribution is 2.28. The number of carbonyl (C=O) groups is 1.